The Morgan fingerprint density at radius 1 is 1.46 bits per heavy atom. The predicted octanol–water partition coefficient (Wildman–Crippen LogP) is 2.70. The van der Waals surface area contributed by atoms with Gasteiger partial charge in [-0.3, -0.25) is 9.78 Å². The molecule has 0 radical (unpaired) electrons. The molecular weight excluding hydrogens is 162 g/mol. The molecule has 0 spiro atoms. The van der Waals surface area contributed by atoms with Crippen molar-refractivity contribution in [1.82, 2.24) is 4.98 Å². The first-order valence-corrected chi connectivity index (χ1v) is 4.67. The summed E-state index contributed by atoms with van der Waals surface area (Å²) in [4.78, 5) is 15.5. The summed E-state index contributed by atoms with van der Waals surface area (Å²) >= 11 is 0. The Hall–Kier alpha value is -1.18. The number of carbonyl (C=O) groups excluding carboxylic acids is 1. The van der Waals surface area contributed by atoms with Gasteiger partial charge in [0.1, 0.15) is 0 Å². The second kappa shape index (κ2) is 4.75. The Balaban J connectivity index is 2.59. The van der Waals surface area contributed by atoms with Crippen molar-refractivity contribution >= 4 is 5.78 Å². The molecule has 1 atom stereocenters. The van der Waals surface area contributed by atoms with Gasteiger partial charge in [-0.15, -0.1) is 0 Å². The third kappa shape index (κ3) is 2.98. The van der Waals surface area contributed by atoms with Gasteiger partial charge in [-0.05, 0) is 18.1 Å². The average Bonchev–Trinajstić information content (AvgIpc) is 2.19. The van der Waals surface area contributed by atoms with Gasteiger partial charge >= 0.3 is 0 Å². The highest BCUT2D eigenvalue weighted by atomic mass is 16.1. The smallest absolute Gasteiger partial charge is 0.163 e. The van der Waals surface area contributed by atoms with Crippen LogP contribution in [0.5, 0.6) is 0 Å². The van der Waals surface area contributed by atoms with Gasteiger partial charge in [0.2, 0.25) is 0 Å². The number of rotatable bonds is 4. The quantitative estimate of drug-likeness (QED) is 0.662. The molecule has 1 unspecified atom stereocenters. The van der Waals surface area contributed by atoms with Crippen molar-refractivity contribution in [3.8, 4) is 0 Å². The van der Waals surface area contributed by atoms with Crippen molar-refractivity contribution in [1.29, 1.82) is 0 Å². The number of Topliss-reactive ketones (excluding diaryl/α,β-unsaturated/α-hetero) is 1. The van der Waals surface area contributed by atoms with Gasteiger partial charge in [-0.2, -0.15) is 0 Å². The monoisotopic (exact) mass is 177 g/mol. The van der Waals surface area contributed by atoms with Crippen LogP contribution in [0.1, 0.15) is 37.0 Å². The number of aromatic nitrogens is 1. The fraction of sp³-hybridized carbons (Fsp3) is 0.455. The maximum atomic E-state index is 11.6. The van der Waals surface area contributed by atoms with E-state index in [4.69, 9.17) is 0 Å². The maximum Gasteiger partial charge on any atom is 0.163 e. The number of carbonyl (C=O) groups is 1. The van der Waals surface area contributed by atoms with E-state index in [2.05, 4.69) is 18.8 Å². The normalized spacial score (nSPS) is 12.5. The van der Waals surface area contributed by atoms with Crippen LogP contribution in [-0.2, 0) is 0 Å². The molecule has 2 nitrogen and oxygen atoms in total. The lowest BCUT2D eigenvalue weighted by Crippen LogP contribution is -2.05. The van der Waals surface area contributed by atoms with Crippen LogP contribution in [0, 0.1) is 5.92 Å². The van der Waals surface area contributed by atoms with E-state index < -0.39 is 0 Å². The molecule has 2 heteroatoms. The first-order valence-electron chi connectivity index (χ1n) is 4.67. The first-order chi connectivity index (χ1) is 6.24. The lowest BCUT2D eigenvalue weighted by Gasteiger charge is -2.06. The Morgan fingerprint density at radius 2 is 2.08 bits per heavy atom. The van der Waals surface area contributed by atoms with E-state index in [1.54, 1.807) is 24.5 Å². The maximum absolute atomic E-state index is 11.6. The summed E-state index contributed by atoms with van der Waals surface area (Å²) in [5.74, 6) is 0.692. The molecule has 1 heterocycles. The number of hydrogen-bond acceptors (Lipinski definition) is 2. The Labute approximate surface area is 79.0 Å². The van der Waals surface area contributed by atoms with Crippen LogP contribution in [0.4, 0.5) is 0 Å². The molecule has 0 aliphatic heterocycles. The average molecular weight is 177 g/mol. The third-order valence-electron chi connectivity index (χ3n) is 2.23. The van der Waals surface area contributed by atoms with E-state index in [1.807, 2.05) is 0 Å². The van der Waals surface area contributed by atoms with Crippen molar-refractivity contribution < 1.29 is 4.79 Å². The summed E-state index contributed by atoms with van der Waals surface area (Å²) in [6, 6.07) is 3.54. The number of ketones is 1. The van der Waals surface area contributed by atoms with Crippen LogP contribution in [-0.4, -0.2) is 10.8 Å². The molecule has 0 saturated carbocycles. The summed E-state index contributed by atoms with van der Waals surface area (Å²) in [5, 5.41) is 0. The topological polar surface area (TPSA) is 30.0 Å². The Kier molecular flexibility index (Phi) is 3.62. The van der Waals surface area contributed by atoms with Crippen LogP contribution in [0.3, 0.4) is 0 Å². The molecule has 0 N–H and O–H groups in total. The van der Waals surface area contributed by atoms with Crippen molar-refractivity contribution in [2.45, 2.75) is 26.7 Å². The fourth-order valence-corrected chi connectivity index (χ4v) is 1.12. The molecule has 1 rings (SSSR count). The zero-order valence-corrected chi connectivity index (χ0v) is 8.16. The number of pyridine rings is 1. The molecule has 0 aromatic carbocycles. The highest BCUT2D eigenvalue weighted by Crippen LogP contribution is 2.11. The Morgan fingerprint density at radius 3 is 2.62 bits per heavy atom. The lowest BCUT2D eigenvalue weighted by atomic mass is 9.98. The second-order valence-electron chi connectivity index (χ2n) is 3.38. The summed E-state index contributed by atoms with van der Waals surface area (Å²) in [6.07, 6.45) is 5.00. The summed E-state index contributed by atoms with van der Waals surface area (Å²) < 4.78 is 0. The van der Waals surface area contributed by atoms with E-state index in [0.717, 1.165) is 12.0 Å². The van der Waals surface area contributed by atoms with E-state index >= 15 is 0 Å². The van der Waals surface area contributed by atoms with Crippen LogP contribution in [0.25, 0.3) is 0 Å². The van der Waals surface area contributed by atoms with Crippen molar-refractivity contribution in [3.63, 3.8) is 0 Å². The lowest BCUT2D eigenvalue weighted by molar-refractivity contribution is 0.0963. The van der Waals surface area contributed by atoms with Gasteiger partial charge in [0.05, 0.1) is 0 Å². The molecule has 0 amide bonds. The van der Waals surface area contributed by atoms with Gasteiger partial charge in [0.15, 0.2) is 5.78 Å². The molecular formula is C11H15NO. The van der Waals surface area contributed by atoms with Gasteiger partial charge < -0.3 is 0 Å². The summed E-state index contributed by atoms with van der Waals surface area (Å²) in [6.45, 7) is 4.20. The minimum Gasteiger partial charge on any atom is -0.294 e. The largest absolute Gasteiger partial charge is 0.294 e. The van der Waals surface area contributed by atoms with Crippen LogP contribution >= 0.6 is 0 Å². The van der Waals surface area contributed by atoms with Gasteiger partial charge in [-0.1, -0.05) is 20.3 Å². The molecule has 0 bridgehead atoms. The van der Waals surface area contributed by atoms with Crippen LogP contribution in [0.15, 0.2) is 24.5 Å². The van der Waals surface area contributed by atoms with Crippen molar-refractivity contribution in [2.24, 2.45) is 5.92 Å². The standard InChI is InChI=1S/C11H15NO/c1-3-9(2)8-11(13)10-4-6-12-7-5-10/h4-7,9H,3,8H2,1-2H3. The molecule has 0 fully saturated rings. The molecule has 0 saturated heterocycles. The summed E-state index contributed by atoms with van der Waals surface area (Å²) in [5.41, 5.74) is 0.773. The number of hydrogen-bond donors (Lipinski definition) is 0. The van der Waals surface area contributed by atoms with Gasteiger partial charge in [-0.25, -0.2) is 0 Å². The zero-order chi connectivity index (χ0) is 9.68. The van der Waals surface area contributed by atoms with Crippen LogP contribution in [0.2, 0.25) is 0 Å². The van der Waals surface area contributed by atoms with Gasteiger partial charge in [0, 0.05) is 24.4 Å². The highest BCUT2D eigenvalue weighted by Gasteiger charge is 2.08. The highest BCUT2D eigenvalue weighted by molar-refractivity contribution is 5.95. The van der Waals surface area contributed by atoms with Crippen LogP contribution < -0.4 is 0 Å². The molecule has 13 heavy (non-hydrogen) atoms. The molecule has 0 aliphatic carbocycles. The predicted molar refractivity (Wildman–Crippen MR) is 52.6 cm³/mol. The second-order valence-corrected chi connectivity index (χ2v) is 3.38. The molecule has 1 aromatic rings. The van der Waals surface area contributed by atoms with Crippen molar-refractivity contribution in [2.75, 3.05) is 0 Å². The SMILES string of the molecule is CCC(C)CC(=O)c1ccncc1. The van der Waals surface area contributed by atoms with E-state index in [9.17, 15) is 4.79 Å². The van der Waals surface area contributed by atoms with Crippen molar-refractivity contribution in [3.05, 3.63) is 30.1 Å². The fourth-order valence-electron chi connectivity index (χ4n) is 1.12. The minimum absolute atomic E-state index is 0.219. The molecule has 0 aliphatic rings. The van der Waals surface area contributed by atoms with E-state index in [0.29, 0.717) is 12.3 Å². The van der Waals surface area contributed by atoms with E-state index in [1.165, 1.54) is 0 Å². The molecule has 70 valence electrons. The van der Waals surface area contributed by atoms with E-state index in [-0.39, 0.29) is 5.78 Å². The Bertz CT molecular complexity index is 269. The minimum atomic E-state index is 0.219. The third-order valence-corrected chi connectivity index (χ3v) is 2.23. The zero-order valence-electron chi connectivity index (χ0n) is 8.16. The number of nitrogens with zero attached hydrogens (tertiary/aromatic N) is 1. The molecule has 1 aromatic heterocycles. The summed E-state index contributed by atoms with van der Waals surface area (Å²) in [7, 11) is 0. The first kappa shape index (κ1) is 9.90. The van der Waals surface area contributed by atoms with Gasteiger partial charge in [0.25, 0.3) is 0 Å².